The zero-order chi connectivity index (χ0) is 16.1. The van der Waals surface area contributed by atoms with Gasteiger partial charge in [0, 0.05) is 11.3 Å². The summed E-state index contributed by atoms with van der Waals surface area (Å²) in [6.45, 7) is -0.155. The number of aromatic nitrogens is 2. The van der Waals surface area contributed by atoms with E-state index in [1.54, 1.807) is 24.3 Å². The highest BCUT2D eigenvalue weighted by atomic mass is 19.1. The molecule has 0 atom stereocenters. The van der Waals surface area contributed by atoms with Gasteiger partial charge >= 0.3 is 0 Å². The smallest absolute Gasteiger partial charge is 0.262 e. The van der Waals surface area contributed by atoms with Crippen molar-refractivity contribution in [3.8, 4) is 17.2 Å². The Kier molecular flexibility index (Phi) is 4.28. The number of rotatable bonds is 5. The summed E-state index contributed by atoms with van der Waals surface area (Å²) >= 11 is 0. The predicted octanol–water partition coefficient (Wildman–Crippen LogP) is 2.89. The van der Waals surface area contributed by atoms with E-state index < -0.39 is 0 Å². The van der Waals surface area contributed by atoms with Crippen LogP contribution >= 0.6 is 0 Å². The average molecular weight is 313 g/mol. The lowest BCUT2D eigenvalue weighted by Gasteiger charge is -2.07. The van der Waals surface area contributed by atoms with E-state index in [0.717, 1.165) is 5.56 Å². The Bertz CT molecular complexity index is 771. The molecule has 0 bridgehead atoms. The van der Waals surface area contributed by atoms with Crippen molar-refractivity contribution in [2.75, 3.05) is 11.9 Å². The van der Waals surface area contributed by atoms with Gasteiger partial charge in [0.25, 0.3) is 5.91 Å². The first-order valence-electron chi connectivity index (χ1n) is 6.75. The van der Waals surface area contributed by atoms with Gasteiger partial charge in [-0.05, 0) is 48.5 Å². The molecule has 0 aliphatic carbocycles. The summed E-state index contributed by atoms with van der Waals surface area (Å²) in [7, 11) is 0. The van der Waals surface area contributed by atoms with Crippen LogP contribution in [0.2, 0.25) is 0 Å². The van der Waals surface area contributed by atoms with E-state index in [0.29, 0.717) is 17.3 Å². The van der Waals surface area contributed by atoms with Crippen LogP contribution < -0.4 is 10.1 Å². The van der Waals surface area contributed by atoms with Gasteiger partial charge in [0.2, 0.25) is 12.3 Å². The van der Waals surface area contributed by atoms with Crippen LogP contribution in [0.5, 0.6) is 5.75 Å². The van der Waals surface area contributed by atoms with Crippen molar-refractivity contribution < 1.29 is 18.3 Å². The molecule has 0 saturated heterocycles. The van der Waals surface area contributed by atoms with Crippen LogP contribution in [-0.2, 0) is 4.79 Å². The summed E-state index contributed by atoms with van der Waals surface area (Å²) in [5.74, 6) is 0.242. The largest absolute Gasteiger partial charge is 0.484 e. The third kappa shape index (κ3) is 3.91. The molecule has 1 aromatic heterocycles. The van der Waals surface area contributed by atoms with E-state index >= 15 is 0 Å². The lowest BCUT2D eigenvalue weighted by molar-refractivity contribution is -0.118. The second-order valence-corrected chi connectivity index (χ2v) is 4.61. The predicted molar refractivity (Wildman–Crippen MR) is 80.3 cm³/mol. The van der Waals surface area contributed by atoms with Gasteiger partial charge in [-0.3, -0.25) is 4.79 Å². The van der Waals surface area contributed by atoms with E-state index in [4.69, 9.17) is 9.15 Å². The number of benzene rings is 2. The lowest BCUT2D eigenvalue weighted by Crippen LogP contribution is -2.20. The van der Waals surface area contributed by atoms with Crippen molar-refractivity contribution in [2.45, 2.75) is 0 Å². The van der Waals surface area contributed by atoms with Crippen molar-refractivity contribution >= 4 is 11.6 Å². The summed E-state index contributed by atoms with van der Waals surface area (Å²) < 4.78 is 23.2. The molecule has 0 saturated carbocycles. The van der Waals surface area contributed by atoms with Crippen LogP contribution in [0.1, 0.15) is 0 Å². The van der Waals surface area contributed by atoms with Crippen molar-refractivity contribution in [3.63, 3.8) is 0 Å². The molecule has 0 spiro atoms. The van der Waals surface area contributed by atoms with Crippen molar-refractivity contribution in [1.29, 1.82) is 0 Å². The van der Waals surface area contributed by atoms with Gasteiger partial charge < -0.3 is 14.5 Å². The van der Waals surface area contributed by atoms with Gasteiger partial charge in [-0.1, -0.05) is 0 Å². The van der Waals surface area contributed by atoms with E-state index in [2.05, 4.69) is 15.5 Å². The minimum Gasteiger partial charge on any atom is -0.484 e. The molecule has 2 aromatic carbocycles. The summed E-state index contributed by atoms with van der Waals surface area (Å²) in [6, 6.07) is 12.4. The number of hydrogen-bond acceptors (Lipinski definition) is 5. The molecule has 3 aromatic rings. The van der Waals surface area contributed by atoms with Crippen LogP contribution in [0.15, 0.2) is 59.3 Å². The maximum Gasteiger partial charge on any atom is 0.262 e. The SMILES string of the molecule is O=C(COc1ccc(-c2nnco2)cc1)Nc1ccc(F)cc1. The number of amides is 1. The highest BCUT2D eigenvalue weighted by molar-refractivity contribution is 5.91. The first kappa shape index (κ1) is 14.7. The number of nitrogens with zero attached hydrogens (tertiary/aromatic N) is 2. The lowest BCUT2D eigenvalue weighted by atomic mass is 10.2. The van der Waals surface area contributed by atoms with Crippen LogP contribution in [0.4, 0.5) is 10.1 Å². The molecular formula is C16H12FN3O3. The van der Waals surface area contributed by atoms with Crippen molar-refractivity contribution in [1.82, 2.24) is 10.2 Å². The Labute approximate surface area is 130 Å². The minimum absolute atomic E-state index is 0.155. The number of halogens is 1. The quantitative estimate of drug-likeness (QED) is 0.783. The monoisotopic (exact) mass is 313 g/mol. The zero-order valence-corrected chi connectivity index (χ0v) is 11.9. The summed E-state index contributed by atoms with van der Waals surface area (Å²) in [5.41, 5.74) is 1.26. The molecular weight excluding hydrogens is 301 g/mol. The van der Waals surface area contributed by atoms with Crippen molar-refractivity contribution in [2.24, 2.45) is 0 Å². The Hall–Kier alpha value is -3.22. The zero-order valence-electron chi connectivity index (χ0n) is 11.9. The fourth-order valence-electron chi connectivity index (χ4n) is 1.87. The summed E-state index contributed by atoms with van der Waals surface area (Å²) in [6.07, 6.45) is 1.25. The molecule has 23 heavy (non-hydrogen) atoms. The Morgan fingerprint density at radius 1 is 1.13 bits per heavy atom. The third-order valence-electron chi connectivity index (χ3n) is 2.96. The van der Waals surface area contributed by atoms with E-state index in [-0.39, 0.29) is 18.3 Å². The molecule has 6 nitrogen and oxygen atoms in total. The van der Waals surface area contributed by atoms with Crippen LogP contribution in [0.3, 0.4) is 0 Å². The van der Waals surface area contributed by atoms with Gasteiger partial charge in [-0.2, -0.15) is 0 Å². The van der Waals surface area contributed by atoms with Gasteiger partial charge in [0.05, 0.1) is 0 Å². The summed E-state index contributed by atoms with van der Waals surface area (Å²) in [5, 5.41) is 10.0. The average Bonchev–Trinajstić information content (AvgIpc) is 3.10. The Morgan fingerprint density at radius 2 is 1.87 bits per heavy atom. The van der Waals surface area contributed by atoms with Crippen LogP contribution in [-0.4, -0.2) is 22.7 Å². The van der Waals surface area contributed by atoms with Gasteiger partial charge in [-0.25, -0.2) is 4.39 Å². The van der Waals surface area contributed by atoms with Crippen LogP contribution in [0.25, 0.3) is 11.5 Å². The number of nitrogens with one attached hydrogen (secondary N) is 1. The normalized spacial score (nSPS) is 10.3. The molecule has 7 heteroatoms. The molecule has 0 radical (unpaired) electrons. The highest BCUT2D eigenvalue weighted by Crippen LogP contribution is 2.20. The number of hydrogen-bond donors (Lipinski definition) is 1. The topological polar surface area (TPSA) is 77.2 Å². The number of carbonyl (C=O) groups is 1. The number of carbonyl (C=O) groups excluding carboxylic acids is 1. The maximum absolute atomic E-state index is 12.8. The second-order valence-electron chi connectivity index (χ2n) is 4.61. The molecule has 1 heterocycles. The molecule has 0 aliphatic heterocycles. The van der Waals surface area contributed by atoms with Crippen LogP contribution in [0, 0.1) is 5.82 Å². The van der Waals surface area contributed by atoms with E-state index in [1.807, 2.05) is 0 Å². The molecule has 0 fully saturated rings. The second kappa shape index (κ2) is 6.69. The molecule has 116 valence electrons. The van der Waals surface area contributed by atoms with Gasteiger partial charge in [0.15, 0.2) is 6.61 Å². The first-order chi connectivity index (χ1) is 11.2. The highest BCUT2D eigenvalue weighted by Gasteiger charge is 2.06. The fraction of sp³-hybridized carbons (Fsp3) is 0.0625. The Morgan fingerprint density at radius 3 is 2.52 bits per heavy atom. The maximum atomic E-state index is 12.8. The molecule has 1 N–H and O–H groups in total. The van der Waals surface area contributed by atoms with Gasteiger partial charge in [-0.15, -0.1) is 10.2 Å². The fourth-order valence-corrected chi connectivity index (χ4v) is 1.87. The molecule has 0 aliphatic rings. The van der Waals surface area contributed by atoms with Crippen molar-refractivity contribution in [3.05, 3.63) is 60.7 Å². The van der Waals surface area contributed by atoms with Gasteiger partial charge in [0.1, 0.15) is 11.6 Å². The Balaban J connectivity index is 1.53. The molecule has 0 unspecified atom stereocenters. The van der Waals surface area contributed by atoms with E-state index in [1.165, 1.54) is 30.7 Å². The minimum atomic E-state index is -0.361. The first-order valence-corrected chi connectivity index (χ1v) is 6.75. The molecule has 3 rings (SSSR count). The standard InChI is InChI=1S/C16H12FN3O3/c17-12-3-5-13(6-4-12)19-15(21)9-22-14-7-1-11(2-8-14)16-20-18-10-23-16/h1-8,10H,9H2,(H,19,21). The molecule has 1 amide bonds. The number of anilines is 1. The summed E-state index contributed by atoms with van der Waals surface area (Å²) in [4.78, 5) is 11.8. The number of ether oxygens (including phenoxy) is 1. The van der Waals surface area contributed by atoms with E-state index in [9.17, 15) is 9.18 Å². The third-order valence-corrected chi connectivity index (χ3v) is 2.96.